The van der Waals surface area contributed by atoms with Crippen molar-refractivity contribution in [2.75, 3.05) is 7.11 Å². The van der Waals surface area contributed by atoms with E-state index in [1.807, 2.05) is 54.6 Å². The van der Waals surface area contributed by atoms with E-state index in [2.05, 4.69) is 0 Å². The van der Waals surface area contributed by atoms with Gasteiger partial charge in [-0.25, -0.2) is 0 Å². The Kier molecular flexibility index (Phi) is 6.13. The SMILES string of the molecule is COc1ccccc1CCC(CCc1ccccc1)=C(F)F. The van der Waals surface area contributed by atoms with Gasteiger partial charge in [0.15, 0.2) is 0 Å². The van der Waals surface area contributed by atoms with Gasteiger partial charge in [0.2, 0.25) is 0 Å². The van der Waals surface area contributed by atoms with Crippen molar-refractivity contribution in [1.29, 1.82) is 0 Å². The number of allylic oxidation sites excluding steroid dienone is 1. The highest BCUT2D eigenvalue weighted by Crippen LogP contribution is 2.24. The summed E-state index contributed by atoms with van der Waals surface area (Å²) < 4.78 is 31.5. The predicted molar refractivity (Wildman–Crippen MR) is 85.3 cm³/mol. The van der Waals surface area contributed by atoms with Gasteiger partial charge >= 0.3 is 0 Å². The maximum atomic E-state index is 13.1. The highest BCUT2D eigenvalue weighted by Gasteiger charge is 2.09. The fraction of sp³-hybridized carbons (Fsp3) is 0.263. The summed E-state index contributed by atoms with van der Waals surface area (Å²) in [4.78, 5) is 0. The van der Waals surface area contributed by atoms with Crippen molar-refractivity contribution in [3.05, 3.63) is 77.4 Å². The first-order valence-electron chi connectivity index (χ1n) is 7.39. The molecule has 0 unspecified atom stereocenters. The van der Waals surface area contributed by atoms with E-state index in [-0.39, 0.29) is 5.57 Å². The molecule has 0 bridgehead atoms. The van der Waals surface area contributed by atoms with E-state index < -0.39 is 6.08 Å². The molecule has 0 spiro atoms. The van der Waals surface area contributed by atoms with E-state index in [0.29, 0.717) is 25.7 Å². The molecule has 0 aliphatic carbocycles. The largest absolute Gasteiger partial charge is 0.496 e. The monoisotopic (exact) mass is 302 g/mol. The molecule has 0 heterocycles. The predicted octanol–water partition coefficient (Wildman–Crippen LogP) is 5.41. The molecule has 1 nitrogen and oxygen atoms in total. The molecule has 2 aromatic carbocycles. The van der Waals surface area contributed by atoms with Gasteiger partial charge in [0, 0.05) is 0 Å². The topological polar surface area (TPSA) is 9.23 Å². The van der Waals surface area contributed by atoms with Gasteiger partial charge in [0.25, 0.3) is 6.08 Å². The van der Waals surface area contributed by atoms with Crippen LogP contribution in [0.25, 0.3) is 0 Å². The van der Waals surface area contributed by atoms with Crippen molar-refractivity contribution < 1.29 is 13.5 Å². The molecular weight excluding hydrogens is 282 g/mol. The van der Waals surface area contributed by atoms with E-state index in [0.717, 1.165) is 16.9 Å². The molecule has 2 aromatic rings. The summed E-state index contributed by atoms with van der Waals surface area (Å²) in [5, 5.41) is 0. The van der Waals surface area contributed by atoms with Crippen LogP contribution in [0.1, 0.15) is 24.0 Å². The van der Waals surface area contributed by atoms with Gasteiger partial charge in [-0.2, -0.15) is 8.78 Å². The summed E-state index contributed by atoms with van der Waals surface area (Å²) in [5.74, 6) is 0.754. The first kappa shape index (κ1) is 16.2. The van der Waals surface area contributed by atoms with Crippen LogP contribution >= 0.6 is 0 Å². The van der Waals surface area contributed by atoms with Crippen molar-refractivity contribution in [2.24, 2.45) is 0 Å². The third-order valence-electron chi connectivity index (χ3n) is 3.71. The molecule has 0 atom stereocenters. The zero-order chi connectivity index (χ0) is 15.8. The summed E-state index contributed by atoms with van der Waals surface area (Å²) in [6, 6.07) is 17.3. The Morgan fingerprint density at radius 3 is 2.18 bits per heavy atom. The normalized spacial score (nSPS) is 10.3. The number of hydrogen-bond donors (Lipinski definition) is 0. The van der Waals surface area contributed by atoms with Crippen molar-refractivity contribution in [1.82, 2.24) is 0 Å². The molecule has 0 amide bonds. The van der Waals surface area contributed by atoms with Crippen molar-refractivity contribution >= 4 is 0 Å². The molecule has 0 aromatic heterocycles. The van der Waals surface area contributed by atoms with Gasteiger partial charge in [-0.05, 0) is 48.4 Å². The van der Waals surface area contributed by atoms with Crippen molar-refractivity contribution in [3.63, 3.8) is 0 Å². The van der Waals surface area contributed by atoms with Gasteiger partial charge in [0.05, 0.1) is 7.11 Å². The van der Waals surface area contributed by atoms with E-state index in [9.17, 15) is 8.78 Å². The number of aryl methyl sites for hydroxylation is 2. The lowest BCUT2D eigenvalue weighted by molar-refractivity contribution is 0.400. The molecule has 0 N–H and O–H groups in total. The molecule has 0 saturated heterocycles. The Morgan fingerprint density at radius 1 is 0.864 bits per heavy atom. The van der Waals surface area contributed by atoms with Crippen LogP contribution in [0.5, 0.6) is 5.75 Å². The number of para-hydroxylation sites is 1. The van der Waals surface area contributed by atoms with Gasteiger partial charge in [-0.1, -0.05) is 48.5 Å². The van der Waals surface area contributed by atoms with Crippen LogP contribution in [-0.4, -0.2) is 7.11 Å². The number of rotatable bonds is 7. The third kappa shape index (κ3) is 4.69. The molecule has 0 saturated carbocycles. The van der Waals surface area contributed by atoms with Gasteiger partial charge in [0.1, 0.15) is 5.75 Å². The zero-order valence-corrected chi connectivity index (χ0v) is 12.7. The summed E-state index contributed by atoms with van der Waals surface area (Å²) in [6.07, 6.45) is 0.396. The summed E-state index contributed by atoms with van der Waals surface area (Å²) in [6.45, 7) is 0. The van der Waals surface area contributed by atoms with Crippen LogP contribution in [0.2, 0.25) is 0 Å². The minimum absolute atomic E-state index is 0.231. The van der Waals surface area contributed by atoms with E-state index in [1.54, 1.807) is 7.11 Å². The average molecular weight is 302 g/mol. The Balaban J connectivity index is 1.97. The fourth-order valence-corrected chi connectivity index (χ4v) is 2.45. The van der Waals surface area contributed by atoms with E-state index in [1.165, 1.54) is 0 Å². The summed E-state index contributed by atoms with van der Waals surface area (Å²) >= 11 is 0. The highest BCUT2D eigenvalue weighted by molar-refractivity contribution is 5.33. The maximum Gasteiger partial charge on any atom is 0.269 e. The van der Waals surface area contributed by atoms with Crippen LogP contribution in [0, 0.1) is 0 Å². The number of ether oxygens (including phenoxy) is 1. The van der Waals surface area contributed by atoms with Gasteiger partial charge < -0.3 is 4.74 Å². The number of benzene rings is 2. The molecule has 3 heteroatoms. The second kappa shape index (κ2) is 8.32. The maximum absolute atomic E-state index is 13.1. The minimum Gasteiger partial charge on any atom is -0.496 e. The minimum atomic E-state index is -1.55. The lowest BCUT2D eigenvalue weighted by Gasteiger charge is -2.10. The van der Waals surface area contributed by atoms with Crippen LogP contribution in [0.3, 0.4) is 0 Å². The quantitative estimate of drug-likeness (QED) is 0.664. The Labute approximate surface area is 130 Å². The second-order valence-electron chi connectivity index (χ2n) is 5.16. The highest BCUT2D eigenvalue weighted by atomic mass is 19.3. The summed E-state index contributed by atoms with van der Waals surface area (Å²) in [7, 11) is 1.60. The zero-order valence-electron chi connectivity index (χ0n) is 12.7. The lowest BCUT2D eigenvalue weighted by atomic mass is 9.99. The fourth-order valence-electron chi connectivity index (χ4n) is 2.45. The Morgan fingerprint density at radius 2 is 1.50 bits per heavy atom. The van der Waals surface area contributed by atoms with Crippen LogP contribution in [-0.2, 0) is 12.8 Å². The van der Waals surface area contributed by atoms with Gasteiger partial charge in [-0.15, -0.1) is 0 Å². The van der Waals surface area contributed by atoms with Crippen LogP contribution in [0.4, 0.5) is 8.78 Å². The molecule has 0 aliphatic heterocycles. The molecular formula is C19H20F2O. The molecule has 116 valence electrons. The first-order chi connectivity index (χ1) is 10.7. The Hall–Kier alpha value is -2.16. The Bertz CT molecular complexity index is 616. The molecule has 2 rings (SSSR count). The standard InChI is InChI=1S/C19H20F2O/c1-22-18-10-6-5-9-16(18)13-14-17(19(20)21)12-11-15-7-3-2-4-8-15/h2-10H,11-14H2,1H3. The molecule has 0 aliphatic rings. The smallest absolute Gasteiger partial charge is 0.269 e. The van der Waals surface area contributed by atoms with Crippen LogP contribution < -0.4 is 4.74 Å². The van der Waals surface area contributed by atoms with Gasteiger partial charge in [-0.3, -0.25) is 0 Å². The molecule has 0 radical (unpaired) electrons. The first-order valence-corrected chi connectivity index (χ1v) is 7.39. The summed E-state index contributed by atoms with van der Waals surface area (Å²) in [5.41, 5.74) is 2.27. The second-order valence-corrected chi connectivity index (χ2v) is 5.16. The van der Waals surface area contributed by atoms with Crippen molar-refractivity contribution in [2.45, 2.75) is 25.7 Å². The molecule has 0 fully saturated rings. The van der Waals surface area contributed by atoms with Crippen molar-refractivity contribution in [3.8, 4) is 5.75 Å². The third-order valence-corrected chi connectivity index (χ3v) is 3.71. The van der Waals surface area contributed by atoms with Crippen LogP contribution in [0.15, 0.2) is 66.3 Å². The lowest BCUT2D eigenvalue weighted by Crippen LogP contribution is -1.96. The van der Waals surface area contributed by atoms with E-state index >= 15 is 0 Å². The number of hydrogen-bond acceptors (Lipinski definition) is 1. The number of halogens is 2. The van der Waals surface area contributed by atoms with E-state index in [4.69, 9.17) is 4.74 Å². The average Bonchev–Trinajstić information content (AvgIpc) is 2.55. The molecule has 22 heavy (non-hydrogen) atoms. The number of methoxy groups -OCH3 is 1.